The molecule has 0 saturated carbocycles. The number of nitrogens with zero attached hydrogens (tertiary/aromatic N) is 4. The highest BCUT2D eigenvalue weighted by Crippen LogP contribution is 1.89. The van der Waals surface area contributed by atoms with E-state index in [-0.39, 0.29) is 0 Å². The Hall–Kier alpha value is -1.91. The Morgan fingerprint density at radius 1 is 0.737 bits per heavy atom. The average Bonchev–Trinajstić information content (AvgIpc) is 2.48. The fourth-order valence-corrected chi connectivity index (χ4v) is 0.750. The van der Waals surface area contributed by atoms with Gasteiger partial charge in [-0.1, -0.05) is 27.7 Å². The van der Waals surface area contributed by atoms with Gasteiger partial charge in [0.25, 0.3) is 0 Å². The van der Waals surface area contributed by atoms with Crippen molar-refractivity contribution in [3.05, 3.63) is 48.3 Å². The lowest BCUT2D eigenvalue weighted by Gasteiger charge is -1.85. The van der Waals surface area contributed by atoms with Gasteiger partial charge < -0.3 is 0 Å². The van der Waals surface area contributed by atoms with Gasteiger partial charge in [-0.2, -0.15) is 0 Å². The summed E-state index contributed by atoms with van der Waals surface area (Å²) in [5, 5.41) is 0. The maximum atomic E-state index is 12.0. The van der Waals surface area contributed by atoms with Gasteiger partial charge >= 0.3 is 0 Å². The molecule has 0 aromatic carbocycles. The quantitative estimate of drug-likeness (QED) is 0.728. The highest BCUT2D eigenvalue weighted by molar-refractivity contribution is 4.88. The molecule has 0 aliphatic heterocycles. The first-order valence-corrected chi connectivity index (χ1v) is 6.36. The number of aryl methyl sites for hydroxylation is 2. The van der Waals surface area contributed by atoms with Crippen LogP contribution in [0.2, 0.25) is 0 Å². The first-order chi connectivity index (χ1) is 9.18. The standard InChI is InChI=1S/C5H5FN2.C5H6N2.2C2H6/c1-4-7-2-5(6)3-8-4;1-5-6-3-2-4-7-5;2*1-2/h2-3H,1H3;2-4H,1H3;2*1-2H3. The van der Waals surface area contributed by atoms with Crippen molar-refractivity contribution in [1.29, 1.82) is 0 Å². The molecule has 0 radical (unpaired) electrons. The van der Waals surface area contributed by atoms with Crippen molar-refractivity contribution in [2.75, 3.05) is 0 Å². The van der Waals surface area contributed by atoms with Crippen molar-refractivity contribution in [3.8, 4) is 0 Å². The topological polar surface area (TPSA) is 51.6 Å². The van der Waals surface area contributed by atoms with Gasteiger partial charge in [0, 0.05) is 12.4 Å². The van der Waals surface area contributed by atoms with E-state index in [0.29, 0.717) is 5.82 Å². The molecule has 0 bridgehead atoms. The second-order valence-electron chi connectivity index (χ2n) is 2.74. The minimum atomic E-state index is -0.393. The molecule has 19 heavy (non-hydrogen) atoms. The fraction of sp³-hybridized carbons (Fsp3) is 0.429. The Labute approximate surface area is 115 Å². The molecule has 0 atom stereocenters. The SMILES string of the molecule is CC.CC.Cc1ncc(F)cn1.Cc1ncccn1. The predicted octanol–water partition coefficient (Wildman–Crippen LogP) is 3.76. The molecule has 5 heteroatoms. The lowest BCUT2D eigenvalue weighted by Crippen LogP contribution is -1.85. The van der Waals surface area contributed by atoms with Crippen LogP contribution in [0.1, 0.15) is 39.3 Å². The minimum absolute atomic E-state index is 0.393. The first-order valence-electron chi connectivity index (χ1n) is 6.36. The Kier molecular flexibility index (Phi) is 14.5. The van der Waals surface area contributed by atoms with E-state index in [4.69, 9.17) is 0 Å². The highest BCUT2D eigenvalue weighted by atomic mass is 19.1. The number of hydrogen-bond donors (Lipinski definition) is 0. The molecular formula is C14H23FN4. The van der Waals surface area contributed by atoms with Crippen LogP contribution in [0.15, 0.2) is 30.9 Å². The molecule has 0 saturated heterocycles. The second kappa shape index (κ2) is 14.2. The Balaban J connectivity index is 0. The molecule has 0 amide bonds. The van der Waals surface area contributed by atoms with E-state index < -0.39 is 5.82 Å². The largest absolute Gasteiger partial charge is 0.242 e. The lowest BCUT2D eigenvalue weighted by atomic mass is 10.6. The predicted molar refractivity (Wildman–Crippen MR) is 76.2 cm³/mol. The summed E-state index contributed by atoms with van der Waals surface area (Å²) in [6.45, 7) is 11.6. The summed E-state index contributed by atoms with van der Waals surface area (Å²) in [7, 11) is 0. The van der Waals surface area contributed by atoms with Crippen LogP contribution in [0.25, 0.3) is 0 Å². The molecule has 2 aromatic rings. The molecule has 0 unspecified atom stereocenters. The van der Waals surface area contributed by atoms with Gasteiger partial charge in [-0.25, -0.2) is 24.3 Å². The minimum Gasteiger partial charge on any atom is -0.242 e. The Morgan fingerprint density at radius 2 is 1.11 bits per heavy atom. The molecule has 0 spiro atoms. The van der Waals surface area contributed by atoms with Crippen molar-refractivity contribution in [2.45, 2.75) is 41.5 Å². The molecule has 4 nitrogen and oxygen atoms in total. The molecule has 2 aromatic heterocycles. The lowest BCUT2D eigenvalue weighted by molar-refractivity contribution is 0.611. The van der Waals surface area contributed by atoms with E-state index >= 15 is 0 Å². The van der Waals surface area contributed by atoms with E-state index in [2.05, 4.69) is 19.9 Å². The van der Waals surface area contributed by atoms with Crippen molar-refractivity contribution < 1.29 is 4.39 Å². The van der Waals surface area contributed by atoms with Gasteiger partial charge in [0.05, 0.1) is 12.4 Å². The molecule has 0 fully saturated rings. The summed E-state index contributed by atoms with van der Waals surface area (Å²) in [4.78, 5) is 14.9. The van der Waals surface area contributed by atoms with Crippen LogP contribution in [0.5, 0.6) is 0 Å². The number of rotatable bonds is 0. The van der Waals surface area contributed by atoms with Crippen LogP contribution >= 0.6 is 0 Å². The van der Waals surface area contributed by atoms with Crippen LogP contribution in [-0.4, -0.2) is 19.9 Å². The van der Waals surface area contributed by atoms with E-state index in [1.54, 1.807) is 25.4 Å². The maximum absolute atomic E-state index is 12.0. The Morgan fingerprint density at radius 3 is 1.37 bits per heavy atom. The van der Waals surface area contributed by atoms with Crippen molar-refractivity contribution in [1.82, 2.24) is 19.9 Å². The van der Waals surface area contributed by atoms with Gasteiger partial charge in [-0.3, -0.25) is 0 Å². The third kappa shape index (κ3) is 12.3. The Bertz CT molecular complexity index is 369. The second-order valence-corrected chi connectivity index (χ2v) is 2.74. The fourth-order valence-electron chi connectivity index (χ4n) is 0.750. The van der Waals surface area contributed by atoms with Crippen molar-refractivity contribution in [2.24, 2.45) is 0 Å². The van der Waals surface area contributed by atoms with Crippen LogP contribution < -0.4 is 0 Å². The van der Waals surface area contributed by atoms with E-state index in [1.165, 1.54) is 0 Å². The summed E-state index contributed by atoms with van der Waals surface area (Å²) in [6.07, 6.45) is 5.73. The van der Waals surface area contributed by atoms with Crippen LogP contribution in [0.3, 0.4) is 0 Å². The molecular weight excluding hydrogens is 243 g/mol. The van der Waals surface area contributed by atoms with E-state index in [9.17, 15) is 4.39 Å². The van der Waals surface area contributed by atoms with Crippen molar-refractivity contribution in [3.63, 3.8) is 0 Å². The summed E-state index contributed by atoms with van der Waals surface area (Å²) in [5.41, 5.74) is 0. The van der Waals surface area contributed by atoms with Crippen LogP contribution in [-0.2, 0) is 0 Å². The van der Waals surface area contributed by atoms with E-state index in [0.717, 1.165) is 18.2 Å². The molecule has 2 rings (SSSR count). The zero-order valence-electron chi connectivity index (χ0n) is 12.6. The maximum Gasteiger partial charge on any atom is 0.159 e. The third-order valence-corrected chi connectivity index (χ3v) is 1.44. The molecule has 0 aliphatic rings. The average molecular weight is 266 g/mol. The zero-order valence-corrected chi connectivity index (χ0v) is 12.6. The number of halogens is 1. The van der Waals surface area contributed by atoms with Crippen LogP contribution in [0, 0.1) is 19.7 Å². The van der Waals surface area contributed by atoms with Gasteiger partial charge in [-0.15, -0.1) is 0 Å². The first kappa shape index (κ1) is 19.4. The monoisotopic (exact) mass is 266 g/mol. The highest BCUT2D eigenvalue weighted by Gasteiger charge is 1.86. The molecule has 0 N–H and O–H groups in total. The normalized spacial score (nSPS) is 7.74. The summed E-state index contributed by atoms with van der Waals surface area (Å²) < 4.78 is 12.0. The van der Waals surface area contributed by atoms with Gasteiger partial charge in [0.2, 0.25) is 0 Å². The summed E-state index contributed by atoms with van der Waals surface area (Å²) in [5.74, 6) is 1.02. The zero-order chi connectivity index (χ0) is 15.1. The number of aromatic nitrogens is 4. The van der Waals surface area contributed by atoms with Crippen molar-refractivity contribution >= 4 is 0 Å². The van der Waals surface area contributed by atoms with Gasteiger partial charge in [-0.05, 0) is 19.9 Å². The summed E-state index contributed by atoms with van der Waals surface area (Å²) in [6, 6.07) is 1.80. The molecule has 0 aliphatic carbocycles. The summed E-state index contributed by atoms with van der Waals surface area (Å²) >= 11 is 0. The smallest absolute Gasteiger partial charge is 0.159 e. The molecule has 2 heterocycles. The third-order valence-electron chi connectivity index (χ3n) is 1.44. The molecule has 106 valence electrons. The number of hydrogen-bond acceptors (Lipinski definition) is 4. The van der Waals surface area contributed by atoms with E-state index in [1.807, 2.05) is 34.6 Å². The van der Waals surface area contributed by atoms with Gasteiger partial charge in [0.15, 0.2) is 5.82 Å². The van der Waals surface area contributed by atoms with Gasteiger partial charge in [0.1, 0.15) is 11.6 Å². The van der Waals surface area contributed by atoms with Crippen LogP contribution in [0.4, 0.5) is 4.39 Å².